The number of carboxylic acid groups (broad SMARTS) is 1. The Balaban J connectivity index is 0.00000261. The average Bonchev–Trinajstić information content (AvgIpc) is 2.62. The Hall–Kier alpha value is -2.25. The van der Waals surface area contributed by atoms with Crippen LogP contribution in [0.25, 0.3) is 0 Å². The summed E-state index contributed by atoms with van der Waals surface area (Å²) in [5.74, 6) is -0.897. The van der Waals surface area contributed by atoms with Gasteiger partial charge in [0.2, 0.25) is 5.60 Å². The minimum Gasteiger partial charge on any atom is -0.478 e. The number of piperidine rings is 1. The fraction of sp³-hybridized carbons (Fsp3) is 0.421. The fourth-order valence-corrected chi connectivity index (χ4v) is 3.09. The molecule has 0 amide bonds. The Morgan fingerprint density at radius 2 is 1.89 bits per heavy atom. The highest BCUT2D eigenvalue weighted by molar-refractivity contribution is 5.85. The van der Waals surface area contributed by atoms with Crippen molar-refractivity contribution in [2.75, 3.05) is 13.1 Å². The normalized spacial score (nSPS) is 16.4. The van der Waals surface area contributed by atoms with Crippen LogP contribution < -0.4 is 4.74 Å². The molecule has 1 fully saturated rings. The van der Waals surface area contributed by atoms with Crippen molar-refractivity contribution in [1.82, 2.24) is 14.9 Å². The largest absolute Gasteiger partial charge is 0.478 e. The van der Waals surface area contributed by atoms with E-state index in [-0.39, 0.29) is 31.0 Å². The molecule has 2 aromatic rings. The first-order valence-corrected chi connectivity index (χ1v) is 8.56. The monoisotopic (exact) mass is 395 g/mol. The van der Waals surface area contributed by atoms with Gasteiger partial charge in [0.25, 0.3) is 0 Å². The van der Waals surface area contributed by atoms with E-state index >= 15 is 0 Å². The lowest BCUT2D eigenvalue weighted by Gasteiger charge is -2.38. The number of aryl methyl sites for hydroxylation is 2. The Kier molecular flexibility index (Phi) is 6.73. The minimum absolute atomic E-state index is 0. The van der Waals surface area contributed by atoms with E-state index in [0.717, 1.165) is 11.1 Å². The number of benzene rings is 1. The maximum Gasteiger partial charge on any atom is 0.348 e. The summed E-state index contributed by atoms with van der Waals surface area (Å²) in [4.78, 5) is 22.4. The van der Waals surface area contributed by atoms with Gasteiger partial charge in [-0.1, -0.05) is 6.07 Å². The number of halogens is 2. The van der Waals surface area contributed by atoms with E-state index in [1.54, 1.807) is 18.5 Å². The molecule has 146 valence electrons. The summed E-state index contributed by atoms with van der Waals surface area (Å²) in [5, 5.41) is 9.73. The summed E-state index contributed by atoms with van der Waals surface area (Å²) in [6.45, 7) is 5.36. The van der Waals surface area contributed by atoms with E-state index in [2.05, 4.69) is 14.9 Å². The zero-order valence-electron chi connectivity index (χ0n) is 15.3. The van der Waals surface area contributed by atoms with E-state index in [1.807, 2.05) is 13.8 Å². The number of hydrogen-bond acceptors (Lipinski definition) is 5. The first-order chi connectivity index (χ1) is 12.4. The molecule has 0 aliphatic carbocycles. The third kappa shape index (κ3) is 4.93. The molecule has 0 atom stereocenters. The van der Waals surface area contributed by atoms with E-state index in [9.17, 15) is 14.3 Å². The van der Waals surface area contributed by atoms with Crippen LogP contribution in [0.1, 0.15) is 29.8 Å². The zero-order valence-corrected chi connectivity index (χ0v) is 16.1. The number of carboxylic acids is 1. The van der Waals surface area contributed by atoms with Crippen molar-refractivity contribution in [2.45, 2.75) is 38.8 Å². The number of ether oxygens (including phenoxy) is 1. The van der Waals surface area contributed by atoms with Crippen LogP contribution in [0.5, 0.6) is 5.75 Å². The van der Waals surface area contributed by atoms with E-state index in [0.29, 0.717) is 25.5 Å². The third-order valence-electron chi connectivity index (χ3n) is 4.69. The Bertz CT molecular complexity index is 793. The van der Waals surface area contributed by atoms with Crippen LogP contribution in [0.3, 0.4) is 0 Å². The van der Waals surface area contributed by atoms with Crippen LogP contribution in [0, 0.1) is 19.7 Å². The molecule has 0 spiro atoms. The first-order valence-electron chi connectivity index (χ1n) is 8.56. The van der Waals surface area contributed by atoms with Crippen molar-refractivity contribution in [3.8, 4) is 5.75 Å². The second-order valence-electron chi connectivity index (χ2n) is 6.75. The predicted molar refractivity (Wildman–Crippen MR) is 101 cm³/mol. The van der Waals surface area contributed by atoms with Gasteiger partial charge in [-0.15, -0.1) is 12.4 Å². The van der Waals surface area contributed by atoms with E-state index in [4.69, 9.17) is 4.74 Å². The summed E-state index contributed by atoms with van der Waals surface area (Å²) in [5.41, 5.74) is 0.386. The van der Waals surface area contributed by atoms with Gasteiger partial charge in [-0.3, -0.25) is 4.90 Å². The topological polar surface area (TPSA) is 75.6 Å². The number of rotatable bonds is 5. The van der Waals surface area contributed by atoms with E-state index < -0.39 is 17.4 Å². The van der Waals surface area contributed by atoms with Gasteiger partial charge < -0.3 is 9.84 Å². The lowest BCUT2D eigenvalue weighted by molar-refractivity contribution is -0.160. The first kappa shape index (κ1) is 21.1. The Morgan fingerprint density at radius 3 is 2.48 bits per heavy atom. The third-order valence-corrected chi connectivity index (χ3v) is 4.69. The second kappa shape index (κ2) is 8.63. The highest BCUT2D eigenvalue weighted by Crippen LogP contribution is 2.31. The highest BCUT2D eigenvalue weighted by atomic mass is 35.5. The molecule has 0 bridgehead atoms. The van der Waals surface area contributed by atoms with Gasteiger partial charge in [0, 0.05) is 50.4 Å². The van der Waals surface area contributed by atoms with Crippen molar-refractivity contribution >= 4 is 18.4 Å². The molecule has 1 aliphatic rings. The standard InChI is InChI=1S/C19H22FN3O3.ClH/c1-13-3-4-16(20)17(9-13)26-19(18(24)25)5-7-23(8-6-19)12-15-10-21-14(2)22-11-15;/h3-4,9-11H,5-8,12H2,1-2H3,(H,24,25);1H. The quantitative estimate of drug-likeness (QED) is 0.838. The van der Waals surface area contributed by atoms with Gasteiger partial charge in [0.05, 0.1) is 0 Å². The van der Waals surface area contributed by atoms with Crippen molar-refractivity contribution in [2.24, 2.45) is 0 Å². The molecule has 0 radical (unpaired) electrons. The molecule has 1 aliphatic heterocycles. The number of hydrogen-bond donors (Lipinski definition) is 1. The summed E-state index contributed by atoms with van der Waals surface area (Å²) in [6.07, 6.45) is 4.12. The van der Waals surface area contributed by atoms with Crippen molar-refractivity contribution in [3.63, 3.8) is 0 Å². The highest BCUT2D eigenvalue weighted by Gasteiger charge is 2.44. The molecular formula is C19H23ClFN3O3. The zero-order chi connectivity index (χ0) is 18.7. The van der Waals surface area contributed by atoms with Gasteiger partial charge in [-0.2, -0.15) is 0 Å². The van der Waals surface area contributed by atoms with Crippen LogP contribution in [0.2, 0.25) is 0 Å². The molecule has 1 aromatic carbocycles. The maximum absolute atomic E-state index is 14.0. The number of aromatic nitrogens is 2. The van der Waals surface area contributed by atoms with Crippen LogP contribution >= 0.6 is 12.4 Å². The SMILES string of the molecule is Cc1ccc(F)c(OC2(C(=O)O)CCN(Cc3cnc(C)nc3)CC2)c1.Cl. The summed E-state index contributed by atoms with van der Waals surface area (Å²) < 4.78 is 19.7. The Morgan fingerprint density at radius 1 is 1.26 bits per heavy atom. The van der Waals surface area contributed by atoms with Crippen LogP contribution in [-0.2, 0) is 11.3 Å². The lowest BCUT2D eigenvalue weighted by atomic mass is 9.90. The molecule has 27 heavy (non-hydrogen) atoms. The number of carbonyl (C=O) groups is 1. The van der Waals surface area contributed by atoms with E-state index in [1.165, 1.54) is 12.1 Å². The molecule has 0 unspecified atom stereocenters. The average molecular weight is 396 g/mol. The number of nitrogens with zero attached hydrogens (tertiary/aromatic N) is 3. The van der Waals surface area contributed by atoms with Gasteiger partial charge in [-0.05, 0) is 31.5 Å². The number of aliphatic carboxylic acids is 1. The molecule has 6 nitrogen and oxygen atoms in total. The molecule has 3 rings (SSSR count). The van der Waals surface area contributed by atoms with Gasteiger partial charge in [0.1, 0.15) is 5.82 Å². The summed E-state index contributed by atoms with van der Waals surface area (Å²) in [6, 6.07) is 4.46. The molecule has 0 saturated carbocycles. The molecule has 1 aromatic heterocycles. The van der Waals surface area contributed by atoms with Gasteiger partial charge in [0.15, 0.2) is 11.6 Å². The van der Waals surface area contributed by atoms with Crippen LogP contribution in [0.15, 0.2) is 30.6 Å². The molecule has 1 saturated heterocycles. The number of likely N-dealkylation sites (tertiary alicyclic amines) is 1. The summed E-state index contributed by atoms with van der Waals surface area (Å²) in [7, 11) is 0. The molecule has 1 N–H and O–H groups in total. The lowest BCUT2D eigenvalue weighted by Crippen LogP contribution is -2.53. The maximum atomic E-state index is 14.0. The van der Waals surface area contributed by atoms with Crippen LogP contribution in [0.4, 0.5) is 4.39 Å². The fourth-order valence-electron chi connectivity index (χ4n) is 3.09. The van der Waals surface area contributed by atoms with Gasteiger partial charge >= 0.3 is 5.97 Å². The molecule has 2 heterocycles. The Labute approximate surface area is 163 Å². The predicted octanol–water partition coefficient (Wildman–Crippen LogP) is 3.15. The van der Waals surface area contributed by atoms with Crippen molar-refractivity contribution in [1.29, 1.82) is 0 Å². The van der Waals surface area contributed by atoms with Gasteiger partial charge in [-0.25, -0.2) is 19.2 Å². The smallest absolute Gasteiger partial charge is 0.348 e. The van der Waals surface area contributed by atoms with Crippen molar-refractivity contribution in [3.05, 3.63) is 53.4 Å². The summed E-state index contributed by atoms with van der Waals surface area (Å²) >= 11 is 0. The van der Waals surface area contributed by atoms with Crippen LogP contribution in [-0.4, -0.2) is 44.6 Å². The van der Waals surface area contributed by atoms with Crippen molar-refractivity contribution < 1.29 is 19.0 Å². The minimum atomic E-state index is -1.41. The molecular weight excluding hydrogens is 373 g/mol. The second-order valence-corrected chi connectivity index (χ2v) is 6.75. The molecule has 8 heteroatoms.